The molecular formula is C23H27N3O4S. The molecule has 31 heavy (non-hydrogen) atoms. The molecule has 0 saturated carbocycles. The van der Waals surface area contributed by atoms with Gasteiger partial charge in [-0.15, -0.1) is 0 Å². The summed E-state index contributed by atoms with van der Waals surface area (Å²) in [6.45, 7) is 2.87. The molecule has 0 bridgehead atoms. The van der Waals surface area contributed by atoms with E-state index in [0.29, 0.717) is 41.8 Å². The van der Waals surface area contributed by atoms with Gasteiger partial charge in [0.25, 0.3) is 5.91 Å². The Hall–Kier alpha value is -3.13. The number of thiocarbonyl (C=S) groups is 1. The van der Waals surface area contributed by atoms with Gasteiger partial charge < -0.3 is 19.7 Å². The van der Waals surface area contributed by atoms with Gasteiger partial charge in [0.15, 0.2) is 16.6 Å². The van der Waals surface area contributed by atoms with Crippen molar-refractivity contribution < 1.29 is 19.1 Å². The summed E-state index contributed by atoms with van der Waals surface area (Å²) < 4.78 is 10.7. The number of likely N-dealkylation sites (N-methyl/N-ethyl adjacent to an activating group) is 1. The lowest BCUT2D eigenvalue weighted by atomic mass is 10.1. The molecule has 1 fully saturated rings. The van der Waals surface area contributed by atoms with Crippen LogP contribution in [0, 0.1) is 0 Å². The van der Waals surface area contributed by atoms with Crippen LogP contribution < -0.4 is 14.8 Å². The topological polar surface area (TPSA) is 71.1 Å². The average Bonchev–Trinajstić information content (AvgIpc) is 3.00. The van der Waals surface area contributed by atoms with Gasteiger partial charge in [0.1, 0.15) is 6.04 Å². The number of nitrogens with zero attached hydrogens (tertiary/aromatic N) is 2. The van der Waals surface area contributed by atoms with Crippen LogP contribution in [0.1, 0.15) is 18.9 Å². The second-order valence-corrected chi connectivity index (χ2v) is 7.50. The Morgan fingerprint density at radius 1 is 1.10 bits per heavy atom. The first-order chi connectivity index (χ1) is 15.0. The number of benzene rings is 2. The molecule has 0 spiro atoms. The van der Waals surface area contributed by atoms with Crippen LogP contribution >= 0.6 is 12.2 Å². The zero-order chi connectivity index (χ0) is 22.4. The summed E-state index contributed by atoms with van der Waals surface area (Å²) in [7, 11) is 3.19. The zero-order valence-corrected chi connectivity index (χ0v) is 18.8. The minimum Gasteiger partial charge on any atom is -0.493 e. The van der Waals surface area contributed by atoms with E-state index in [-0.39, 0.29) is 18.2 Å². The summed E-state index contributed by atoms with van der Waals surface area (Å²) in [5, 5.41) is 3.31. The average molecular weight is 442 g/mol. The summed E-state index contributed by atoms with van der Waals surface area (Å²) in [6.07, 6.45) is 0.679. The van der Waals surface area contributed by atoms with Gasteiger partial charge in [-0.2, -0.15) is 0 Å². The maximum absolute atomic E-state index is 12.9. The van der Waals surface area contributed by atoms with E-state index in [9.17, 15) is 9.59 Å². The molecule has 1 aliphatic heterocycles. The lowest BCUT2D eigenvalue weighted by Crippen LogP contribution is -2.39. The Morgan fingerprint density at radius 2 is 1.81 bits per heavy atom. The molecule has 2 amide bonds. The van der Waals surface area contributed by atoms with Crippen molar-refractivity contribution in [2.24, 2.45) is 0 Å². The van der Waals surface area contributed by atoms with Gasteiger partial charge in [-0.1, -0.05) is 24.3 Å². The normalized spacial score (nSPS) is 15.9. The number of methoxy groups -OCH3 is 2. The van der Waals surface area contributed by atoms with E-state index in [1.54, 1.807) is 19.1 Å². The summed E-state index contributed by atoms with van der Waals surface area (Å²) in [6, 6.07) is 14.3. The van der Waals surface area contributed by atoms with E-state index in [1.165, 1.54) is 0 Å². The van der Waals surface area contributed by atoms with Gasteiger partial charge in [0.2, 0.25) is 5.91 Å². The van der Waals surface area contributed by atoms with Crippen LogP contribution in [0.25, 0.3) is 0 Å². The summed E-state index contributed by atoms with van der Waals surface area (Å²) in [5.74, 6) is 0.948. The van der Waals surface area contributed by atoms with Crippen molar-refractivity contribution in [1.29, 1.82) is 0 Å². The smallest absolute Gasteiger partial charge is 0.252 e. The molecule has 0 radical (unpaired) electrons. The van der Waals surface area contributed by atoms with E-state index < -0.39 is 6.04 Å². The van der Waals surface area contributed by atoms with E-state index in [2.05, 4.69) is 5.32 Å². The number of ether oxygens (including phenoxy) is 2. The number of nitrogens with one attached hydrogen (secondary N) is 1. The first kappa shape index (κ1) is 22.6. The molecule has 1 N–H and O–H groups in total. The van der Waals surface area contributed by atoms with E-state index in [1.807, 2.05) is 60.4 Å². The second-order valence-electron chi connectivity index (χ2n) is 7.13. The van der Waals surface area contributed by atoms with Crippen LogP contribution in [-0.2, 0) is 16.0 Å². The fourth-order valence-electron chi connectivity index (χ4n) is 3.63. The number of hydrogen-bond donors (Lipinski definition) is 1. The summed E-state index contributed by atoms with van der Waals surface area (Å²) >= 11 is 5.56. The molecule has 7 nitrogen and oxygen atoms in total. The van der Waals surface area contributed by atoms with Crippen LogP contribution in [0.15, 0.2) is 48.5 Å². The SMILES string of the molecule is CCN1C(=O)C(CC(=O)Nc2ccccc2)N(CCc2ccc(OC)c(OC)c2)C1=S. The molecule has 0 aromatic heterocycles. The number of carbonyl (C=O) groups is 2. The number of para-hydroxylation sites is 1. The van der Waals surface area contributed by atoms with Crippen molar-refractivity contribution in [3.63, 3.8) is 0 Å². The Balaban J connectivity index is 1.72. The summed E-state index contributed by atoms with van der Waals surface area (Å²) in [5.41, 5.74) is 1.72. The van der Waals surface area contributed by atoms with E-state index in [0.717, 1.165) is 5.56 Å². The maximum atomic E-state index is 12.9. The predicted octanol–water partition coefficient (Wildman–Crippen LogP) is 3.09. The van der Waals surface area contributed by atoms with Crippen LogP contribution in [0.4, 0.5) is 5.69 Å². The van der Waals surface area contributed by atoms with Gasteiger partial charge in [0.05, 0.1) is 20.6 Å². The molecular weight excluding hydrogens is 414 g/mol. The highest BCUT2D eigenvalue weighted by Gasteiger charge is 2.42. The molecule has 0 aliphatic carbocycles. The number of carbonyl (C=O) groups excluding carboxylic acids is 2. The zero-order valence-electron chi connectivity index (χ0n) is 18.0. The van der Waals surface area contributed by atoms with Crippen molar-refractivity contribution in [1.82, 2.24) is 9.80 Å². The second kappa shape index (κ2) is 10.3. The van der Waals surface area contributed by atoms with Crippen LogP contribution in [0.5, 0.6) is 11.5 Å². The Bertz CT molecular complexity index is 951. The fraction of sp³-hybridized carbons (Fsp3) is 0.348. The Kier molecular flexibility index (Phi) is 7.46. The highest BCUT2D eigenvalue weighted by atomic mass is 32.1. The molecule has 164 valence electrons. The minimum atomic E-state index is -0.615. The number of hydrogen-bond acceptors (Lipinski definition) is 5. The third-order valence-electron chi connectivity index (χ3n) is 5.25. The summed E-state index contributed by atoms with van der Waals surface area (Å²) in [4.78, 5) is 28.9. The van der Waals surface area contributed by atoms with Gasteiger partial charge in [-0.3, -0.25) is 14.5 Å². The standard InChI is InChI=1S/C23H27N3O4S/c1-4-25-22(28)18(15-21(27)24-17-8-6-5-7-9-17)26(23(25)31)13-12-16-10-11-19(29-2)20(14-16)30-3/h5-11,14,18H,4,12-13,15H2,1-3H3,(H,24,27). The largest absolute Gasteiger partial charge is 0.493 e. The Morgan fingerprint density at radius 3 is 2.45 bits per heavy atom. The van der Waals surface area contributed by atoms with Gasteiger partial charge in [0, 0.05) is 18.8 Å². The van der Waals surface area contributed by atoms with Crippen molar-refractivity contribution >= 4 is 34.8 Å². The Labute approximate surface area is 187 Å². The molecule has 1 atom stereocenters. The lowest BCUT2D eigenvalue weighted by molar-refractivity contribution is -0.130. The molecule has 8 heteroatoms. The molecule has 1 unspecified atom stereocenters. The number of anilines is 1. The van der Waals surface area contributed by atoms with Crippen molar-refractivity contribution in [2.45, 2.75) is 25.8 Å². The van der Waals surface area contributed by atoms with Gasteiger partial charge in [-0.25, -0.2) is 0 Å². The van der Waals surface area contributed by atoms with Crippen molar-refractivity contribution in [3.05, 3.63) is 54.1 Å². The van der Waals surface area contributed by atoms with Crippen LogP contribution in [0.3, 0.4) is 0 Å². The van der Waals surface area contributed by atoms with Crippen molar-refractivity contribution in [3.8, 4) is 11.5 Å². The molecule has 2 aromatic rings. The number of amides is 2. The molecule has 1 saturated heterocycles. The highest BCUT2D eigenvalue weighted by molar-refractivity contribution is 7.80. The van der Waals surface area contributed by atoms with Crippen LogP contribution in [-0.4, -0.2) is 60.1 Å². The molecule has 1 heterocycles. The van der Waals surface area contributed by atoms with E-state index in [4.69, 9.17) is 21.7 Å². The predicted molar refractivity (Wildman–Crippen MR) is 123 cm³/mol. The quantitative estimate of drug-likeness (QED) is 0.603. The third kappa shape index (κ3) is 5.14. The monoisotopic (exact) mass is 441 g/mol. The van der Waals surface area contributed by atoms with Crippen LogP contribution in [0.2, 0.25) is 0 Å². The lowest BCUT2D eigenvalue weighted by Gasteiger charge is -2.24. The molecule has 1 aliphatic rings. The first-order valence-corrected chi connectivity index (χ1v) is 10.6. The molecule has 3 rings (SSSR count). The van der Waals surface area contributed by atoms with Crippen molar-refractivity contribution in [2.75, 3.05) is 32.6 Å². The van der Waals surface area contributed by atoms with E-state index >= 15 is 0 Å². The molecule has 2 aromatic carbocycles. The van der Waals surface area contributed by atoms with Gasteiger partial charge >= 0.3 is 0 Å². The minimum absolute atomic E-state index is 0.0380. The van der Waals surface area contributed by atoms with Gasteiger partial charge in [-0.05, 0) is 55.4 Å². The third-order valence-corrected chi connectivity index (χ3v) is 5.70. The fourth-order valence-corrected chi connectivity index (χ4v) is 4.07. The maximum Gasteiger partial charge on any atom is 0.252 e. The number of rotatable bonds is 9. The highest BCUT2D eigenvalue weighted by Crippen LogP contribution is 2.28. The first-order valence-electron chi connectivity index (χ1n) is 10.2.